The van der Waals surface area contributed by atoms with Crippen LogP contribution in [0.15, 0.2) is 53.6 Å². The van der Waals surface area contributed by atoms with Gasteiger partial charge in [0.1, 0.15) is 5.75 Å². The topological polar surface area (TPSA) is 73.5 Å². The number of hydrogen-bond donors (Lipinski definition) is 1. The Morgan fingerprint density at radius 3 is 2.17 bits per heavy atom. The van der Waals surface area contributed by atoms with Gasteiger partial charge < -0.3 is 9.84 Å². The number of rotatable bonds is 7. The Morgan fingerprint density at radius 2 is 1.63 bits per heavy atom. The Kier molecular flexibility index (Phi) is 5.87. The molecule has 3 aromatic rings. The van der Waals surface area contributed by atoms with Gasteiger partial charge in [-0.25, -0.2) is 9.59 Å². The van der Waals surface area contributed by atoms with E-state index in [9.17, 15) is 14.7 Å². The van der Waals surface area contributed by atoms with Crippen molar-refractivity contribution in [1.82, 2.24) is 9.13 Å². The molecule has 6 nitrogen and oxygen atoms in total. The third-order valence-corrected chi connectivity index (χ3v) is 5.22. The van der Waals surface area contributed by atoms with Crippen molar-refractivity contribution in [1.29, 1.82) is 0 Å². The molecule has 6 heteroatoms. The molecule has 2 aromatic carbocycles. The van der Waals surface area contributed by atoms with Gasteiger partial charge in [-0.05, 0) is 68.5 Å². The molecule has 0 saturated carbocycles. The highest BCUT2D eigenvalue weighted by atomic mass is 16.5. The molecule has 0 amide bonds. The largest absolute Gasteiger partial charge is 0.478 e. The molecule has 0 aliphatic rings. The van der Waals surface area contributed by atoms with Crippen molar-refractivity contribution in [3.63, 3.8) is 0 Å². The van der Waals surface area contributed by atoms with E-state index in [1.165, 1.54) is 19.4 Å². The molecular weight excluding hydrogens is 380 g/mol. The number of ether oxygens (including phenoxy) is 1. The second kappa shape index (κ2) is 8.22. The summed E-state index contributed by atoms with van der Waals surface area (Å²) in [7, 11) is 0. The molecule has 1 heterocycles. The number of aryl methyl sites for hydroxylation is 3. The van der Waals surface area contributed by atoms with Crippen molar-refractivity contribution >= 4 is 5.97 Å². The molecule has 0 aliphatic heterocycles. The lowest BCUT2D eigenvalue weighted by atomic mass is 10.0. The van der Waals surface area contributed by atoms with E-state index in [0.29, 0.717) is 12.3 Å². The van der Waals surface area contributed by atoms with Gasteiger partial charge in [-0.2, -0.15) is 0 Å². The molecular formula is C24H28N2O4. The predicted octanol–water partition coefficient (Wildman–Crippen LogP) is 4.11. The van der Waals surface area contributed by atoms with E-state index in [2.05, 4.69) is 6.92 Å². The maximum absolute atomic E-state index is 12.9. The van der Waals surface area contributed by atoms with Crippen LogP contribution < -0.4 is 10.4 Å². The zero-order valence-corrected chi connectivity index (χ0v) is 18.1. The average Bonchev–Trinajstić information content (AvgIpc) is 3.05. The van der Waals surface area contributed by atoms with Crippen molar-refractivity contribution in [2.75, 3.05) is 0 Å². The molecule has 0 saturated heterocycles. The van der Waals surface area contributed by atoms with Crippen LogP contribution in [0.3, 0.4) is 0 Å². The van der Waals surface area contributed by atoms with Crippen LogP contribution in [-0.2, 0) is 17.8 Å². The number of hydrogen-bond acceptors (Lipinski definition) is 3. The van der Waals surface area contributed by atoms with Crippen LogP contribution in [0.5, 0.6) is 5.75 Å². The lowest BCUT2D eigenvalue weighted by Gasteiger charge is -2.24. The molecule has 1 aromatic heterocycles. The summed E-state index contributed by atoms with van der Waals surface area (Å²) in [6.45, 7) is 9.33. The van der Waals surface area contributed by atoms with Gasteiger partial charge in [0, 0.05) is 12.4 Å². The molecule has 0 unspecified atom stereocenters. The fourth-order valence-electron chi connectivity index (χ4n) is 3.41. The first kappa shape index (κ1) is 21.4. The first-order valence-corrected chi connectivity index (χ1v) is 10.0. The summed E-state index contributed by atoms with van der Waals surface area (Å²) in [6, 6.07) is 11.8. The van der Waals surface area contributed by atoms with Gasteiger partial charge in [0.05, 0.1) is 12.2 Å². The van der Waals surface area contributed by atoms with Gasteiger partial charge in [0.15, 0.2) is 5.60 Å². The van der Waals surface area contributed by atoms with Crippen LogP contribution in [0.25, 0.3) is 5.69 Å². The van der Waals surface area contributed by atoms with E-state index in [1.807, 2.05) is 50.2 Å². The monoisotopic (exact) mass is 408 g/mol. The summed E-state index contributed by atoms with van der Waals surface area (Å²) in [5.74, 6) is -0.461. The number of nitrogens with zero attached hydrogens (tertiary/aromatic N) is 2. The summed E-state index contributed by atoms with van der Waals surface area (Å²) in [5.41, 5.74) is 3.25. The highest BCUT2D eigenvalue weighted by Crippen LogP contribution is 2.29. The standard InChI is InChI=1S/C24H28N2O4/c1-6-18-7-9-20(10-8-18)26-12-11-25(23(26)29)15-19-13-16(2)21(17(3)14-19)30-24(4,5)22(27)28/h7-14H,6,15H2,1-5H3,(H,27,28). The molecule has 3 rings (SSSR count). The summed E-state index contributed by atoms with van der Waals surface area (Å²) >= 11 is 0. The first-order valence-electron chi connectivity index (χ1n) is 10.0. The lowest BCUT2D eigenvalue weighted by molar-refractivity contribution is -0.152. The van der Waals surface area contributed by atoms with Gasteiger partial charge in [-0.15, -0.1) is 0 Å². The Balaban J connectivity index is 1.86. The van der Waals surface area contributed by atoms with Gasteiger partial charge >= 0.3 is 11.7 Å². The first-order chi connectivity index (χ1) is 14.1. The fraction of sp³-hybridized carbons (Fsp3) is 0.333. The molecule has 0 fully saturated rings. The van der Waals surface area contributed by atoms with Crippen molar-refractivity contribution in [2.45, 2.75) is 53.2 Å². The maximum Gasteiger partial charge on any atom is 0.347 e. The van der Waals surface area contributed by atoms with Crippen LogP contribution in [0.1, 0.15) is 43.0 Å². The third-order valence-electron chi connectivity index (χ3n) is 5.22. The summed E-state index contributed by atoms with van der Waals surface area (Å²) in [4.78, 5) is 24.2. The van der Waals surface area contributed by atoms with E-state index in [0.717, 1.165) is 28.8 Å². The minimum Gasteiger partial charge on any atom is -0.478 e. The van der Waals surface area contributed by atoms with Crippen molar-refractivity contribution in [3.8, 4) is 11.4 Å². The van der Waals surface area contributed by atoms with Crippen LogP contribution >= 0.6 is 0 Å². The molecule has 0 atom stereocenters. The van der Waals surface area contributed by atoms with Crippen LogP contribution in [0.4, 0.5) is 0 Å². The Hall–Kier alpha value is -3.28. The zero-order chi connectivity index (χ0) is 22.1. The number of benzene rings is 2. The smallest absolute Gasteiger partial charge is 0.347 e. The molecule has 0 spiro atoms. The highest BCUT2D eigenvalue weighted by molar-refractivity contribution is 5.77. The summed E-state index contributed by atoms with van der Waals surface area (Å²) in [5, 5.41) is 9.32. The number of carboxylic acid groups (broad SMARTS) is 1. The zero-order valence-electron chi connectivity index (χ0n) is 18.1. The fourth-order valence-corrected chi connectivity index (χ4v) is 3.41. The molecule has 1 N–H and O–H groups in total. The predicted molar refractivity (Wildman–Crippen MR) is 117 cm³/mol. The number of carboxylic acids is 1. The van der Waals surface area contributed by atoms with E-state index in [1.54, 1.807) is 21.5 Å². The average molecular weight is 408 g/mol. The van der Waals surface area contributed by atoms with E-state index < -0.39 is 11.6 Å². The Bertz CT molecular complexity index is 1100. The molecule has 0 aliphatic carbocycles. The van der Waals surface area contributed by atoms with E-state index in [4.69, 9.17) is 4.74 Å². The van der Waals surface area contributed by atoms with Crippen molar-refractivity contribution in [2.24, 2.45) is 0 Å². The Morgan fingerprint density at radius 1 is 1.03 bits per heavy atom. The van der Waals surface area contributed by atoms with Crippen molar-refractivity contribution < 1.29 is 14.6 Å². The number of aromatic nitrogens is 2. The van der Waals surface area contributed by atoms with Gasteiger partial charge in [0.2, 0.25) is 0 Å². The van der Waals surface area contributed by atoms with Crippen LogP contribution in [0, 0.1) is 13.8 Å². The Labute approximate surface area is 176 Å². The van der Waals surface area contributed by atoms with E-state index in [-0.39, 0.29) is 5.69 Å². The van der Waals surface area contributed by atoms with Gasteiger partial charge in [-0.3, -0.25) is 9.13 Å². The number of aliphatic carboxylic acids is 1. The lowest BCUT2D eigenvalue weighted by Crippen LogP contribution is -2.38. The minimum atomic E-state index is -1.32. The van der Waals surface area contributed by atoms with Crippen molar-refractivity contribution in [3.05, 3.63) is 81.5 Å². The SMILES string of the molecule is CCc1ccc(-n2ccn(Cc3cc(C)c(OC(C)(C)C(=O)O)c(C)c3)c2=O)cc1. The molecule has 0 radical (unpaired) electrons. The third kappa shape index (κ3) is 4.32. The van der Waals surface area contributed by atoms with Gasteiger partial charge in [-0.1, -0.05) is 31.2 Å². The van der Waals surface area contributed by atoms with E-state index >= 15 is 0 Å². The van der Waals surface area contributed by atoms with Gasteiger partial charge in [0.25, 0.3) is 0 Å². The highest BCUT2D eigenvalue weighted by Gasteiger charge is 2.30. The summed E-state index contributed by atoms with van der Waals surface area (Å²) < 4.78 is 9.05. The van der Waals surface area contributed by atoms with Crippen LogP contribution in [0.2, 0.25) is 0 Å². The second-order valence-corrected chi connectivity index (χ2v) is 8.07. The number of carbonyl (C=O) groups is 1. The molecule has 158 valence electrons. The number of imidazole rings is 1. The molecule has 30 heavy (non-hydrogen) atoms. The van der Waals surface area contributed by atoms with Crippen LogP contribution in [-0.4, -0.2) is 25.8 Å². The summed E-state index contributed by atoms with van der Waals surface area (Å²) in [6.07, 6.45) is 4.51. The quantitative estimate of drug-likeness (QED) is 0.639. The minimum absolute atomic E-state index is 0.109. The normalized spacial score (nSPS) is 11.5. The maximum atomic E-state index is 12.9. The molecule has 0 bridgehead atoms. The second-order valence-electron chi connectivity index (χ2n) is 8.07.